The molecule has 2 rings (SSSR count). The Morgan fingerprint density at radius 3 is 3.06 bits per heavy atom. The smallest absolute Gasteiger partial charge is 0.329 e. The molecule has 2 N–H and O–H groups in total. The average molecular weight is 268 g/mol. The van der Waals surface area contributed by atoms with Gasteiger partial charge in [-0.05, 0) is 25.2 Å². The molecule has 1 aliphatic carbocycles. The fourth-order valence-electron chi connectivity index (χ4n) is 2.64. The number of nitrogens with zero attached hydrogens (tertiary/aromatic N) is 1. The Hall–Kier alpha value is -1.10. The monoisotopic (exact) mass is 268 g/mol. The highest BCUT2D eigenvalue weighted by Crippen LogP contribution is 2.36. The van der Waals surface area contributed by atoms with Crippen molar-refractivity contribution in [3.8, 4) is 0 Å². The number of rotatable bonds is 4. The molecule has 0 spiro atoms. The molecule has 0 radical (unpaired) electrons. The van der Waals surface area contributed by atoms with Crippen LogP contribution in [0.4, 0.5) is 5.13 Å². The molecule has 100 valence electrons. The molecule has 1 fully saturated rings. The Labute approximate surface area is 111 Å². The van der Waals surface area contributed by atoms with Crippen LogP contribution in [0, 0.1) is 5.92 Å². The molecule has 0 saturated heterocycles. The second kappa shape index (κ2) is 5.26. The van der Waals surface area contributed by atoms with Crippen LogP contribution in [0.3, 0.4) is 0 Å². The number of anilines is 1. The van der Waals surface area contributed by atoms with Crippen molar-refractivity contribution in [1.82, 2.24) is 4.98 Å². The molecule has 1 aromatic heterocycles. The van der Waals surface area contributed by atoms with Crippen LogP contribution in [0.25, 0.3) is 0 Å². The van der Waals surface area contributed by atoms with E-state index in [9.17, 15) is 9.90 Å². The summed E-state index contributed by atoms with van der Waals surface area (Å²) in [4.78, 5) is 16.0. The summed E-state index contributed by atoms with van der Waals surface area (Å²) < 4.78 is 0. The Morgan fingerprint density at radius 1 is 1.72 bits per heavy atom. The summed E-state index contributed by atoms with van der Waals surface area (Å²) in [6.07, 6.45) is 4.34. The van der Waals surface area contributed by atoms with Gasteiger partial charge in [-0.2, -0.15) is 0 Å². The van der Waals surface area contributed by atoms with Gasteiger partial charge >= 0.3 is 5.97 Å². The molecule has 0 aliphatic heterocycles. The second-order valence-electron chi connectivity index (χ2n) is 5.21. The number of carboxylic acids is 1. The van der Waals surface area contributed by atoms with E-state index in [-0.39, 0.29) is 0 Å². The van der Waals surface area contributed by atoms with E-state index in [1.807, 2.05) is 5.38 Å². The molecule has 5 heteroatoms. The van der Waals surface area contributed by atoms with E-state index in [0.29, 0.717) is 18.8 Å². The van der Waals surface area contributed by atoms with Gasteiger partial charge in [-0.25, -0.2) is 9.78 Å². The van der Waals surface area contributed by atoms with Gasteiger partial charge in [0.05, 0.1) is 5.69 Å². The molecule has 1 aliphatic rings. The minimum Gasteiger partial charge on any atom is -0.480 e. The van der Waals surface area contributed by atoms with Gasteiger partial charge in [0, 0.05) is 5.38 Å². The lowest BCUT2D eigenvalue weighted by atomic mass is 9.76. The molecule has 1 heterocycles. The number of aromatic nitrogens is 1. The normalized spacial score (nSPS) is 28.0. The highest BCUT2D eigenvalue weighted by molar-refractivity contribution is 7.13. The van der Waals surface area contributed by atoms with Crippen molar-refractivity contribution in [3.63, 3.8) is 0 Å². The Bertz CT molecular complexity index is 432. The standard InChI is InChI=1S/C13H20N2O2S/c1-3-10-8-18-12(14-10)15-13(11(16)17)6-4-5-9(2)7-13/h8-9H,3-7H2,1-2H3,(H,14,15)(H,16,17). The highest BCUT2D eigenvalue weighted by atomic mass is 32.1. The number of thiazole rings is 1. The van der Waals surface area contributed by atoms with Crippen molar-refractivity contribution < 1.29 is 9.90 Å². The first-order valence-electron chi connectivity index (χ1n) is 6.52. The fraction of sp³-hybridized carbons (Fsp3) is 0.692. The number of carboxylic acid groups (broad SMARTS) is 1. The van der Waals surface area contributed by atoms with Crippen molar-refractivity contribution in [2.75, 3.05) is 5.32 Å². The van der Waals surface area contributed by atoms with Gasteiger partial charge in [0.25, 0.3) is 0 Å². The number of nitrogens with one attached hydrogen (secondary N) is 1. The van der Waals surface area contributed by atoms with E-state index in [0.717, 1.165) is 30.1 Å². The summed E-state index contributed by atoms with van der Waals surface area (Å²) in [6, 6.07) is 0. The molecule has 0 amide bonds. The Morgan fingerprint density at radius 2 is 2.50 bits per heavy atom. The minimum atomic E-state index is -0.819. The van der Waals surface area contributed by atoms with Crippen LogP contribution >= 0.6 is 11.3 Å². The van der Waals surface area contributed by atoms with Gasteiger partial charge in [0.15, 0.2) is 5.13 Å². The first kappa shape index (κ1) is 13.3. The third kappa shape index (κ3) is 2.66. The van der Waals surface area contributed by atoms with Gasteiger partial charge in [-0.3, -0.25) is 0 Å². The summed E-state index contributed by atoms with van der Waals surface area (Å²) in [7, 11) is 0. The summed E-state index contributed by atoms with van der Waals surface area (Å²) >= 11 is 1.50. The summed E-state index contributed by atoms with van der Waals surface area (Å²) in [5.41, 5.74) is 0.201. The van der Waals surface area contributed by atoms with Crippen molar-refractivity contribution in [2.24, 2.45) is 5.92 Å². The molecule has 0 bridgehead atoms. The molecular weight excluding hydrogens is 248 g/mol. The van der Waals surface area contributed by atoms with E-state index in [4.69, 9.17) is 0 Å². The first-order chi connectivity index (χ1) is 8.55. The maximum atomic E-state index is 11.6. The molecule has 2 atom stereocenters. The highest BCUT2D eigenvalue weighted by Gasteiger charge is 2.42. The Kier molecular flexibility index (Phi) is 3.90. The summed E-state index contributed by atoms with van der Waals surface area (Å²) in [5, 5.41) is 15.5. The molecular formula is C13H20N2O2S. The van der Waals surface area contributed by atoms with Gasteiger partial charge in [0.1, 0.15) is 5.54 Å². The zero-order valence-corrected chi connectivity index (χ0v) is 11.7. The van der Waals surface area contributed by atoms with Gasteiger partial charge in [-0.1, -0.05) is 26.7 Å². The maximum Gasteiger partial charge on any atom is 0.329 e. The van der Waals surface area contributed by atoms with Crippen LogP contribution in [0.1, 0.15) is 45.2 Å². The van der Waals surface area contributed by atoms with Crippen molar-refractivity contribution in [1.29, 1.82) is 0 Å². The maximum absolute atomic E-state index is 11.6. The molecule has 1 saturated carbocycles. The number of carbonyl (C=O) groups is 1. The minimum absolute atomic E-state index is 0.452. The van der Waals surface area contributed by atoms with Crippen LogP contribution in [0.5, 0.6) is 0 Å². The van der Waals surface area contributed by atoms with Crippen molar-refractivity contribution in [2.45, 2.75) is 51.5 Å². The van der Waals surface area contributed by atoms with E-state index >= 15 is 0 Å². The largest absolute Gasteiger partial charge is 0.480 e. The van der Waals surface area contributed by atoms with Gasteiger partial charge in [-0.15, -0.1) is 11.3 Å². The van der Waals surface area contributed by atoms with E-state index < -0.39 is 11.5 Å². The van der Waals surface area contributed by atoms with Crippen LogP contribution in [0.15, 0.2) is 5.38 Å². The topological polar surface area (TPSA) is 62.2 Å². The average Bonchev–Trinajstić information content (AvgIpc) is 2.76. The van der Waals surface area contributed by atoms with Crippen LogP contribution in [-0.2, 0) is 11.2 Å². The van der Waals surface area contributed by atoms with Crippen molar-refractivity contribution >= 4 is 22.4 Å². The number of aliphatic carboxylic acids is 1. The molecule has 18 heavy (non-hydrogen) atoms. The lowest BCUT2D eigenvalue weighted by Crippen LogP contribution is -2.49. The first-order valence-corrected chi connectivity index (χ1v) is 7.39. The quantitative estimate of drug-likeness (QED) is 0.880. The predicted octanol–water partition coefficient (Wildman–Crippen LogP) is 3.15. The van der Waals surface area contributed by atoms with Crippen molar-refractivity contribution in [3.05, 3.63) is 11.1 Å². The zero-order chi connectivity index (χ0) is 13.2. The lowest BCUT2D eigenvalue weighted by Gasteiger charge is -2.36. The van der Waals surface area contributed by atoms with Crippen LogP contribution in [0.2, 0.25) is 0 Å². The molecule has 1 aromatic rings. The SMILES string of the molecule is CCc1csc(NC2(C(=O)O)CCCC(C)C2)n1. The third-order valence-corrected chi connectivity index (χ3v) is 4.47. The van der Waals surface area contributed by atoms with Crippen LogP contribution in [-0.4, -0.2) is 21.6 Å². The van der Waals surface area contributed by atoms with E-state index in [1.165, 1.54) is 11.3 Å². The van der Waals surface area contributed by atoms with Crippen LogP contribution < -0.4 is 5.32 Å². The van der Waals surface area contributed by atoms with Gasteiger partial charge in [0.2, 0.25) is 0 Å². The zero-order valence-electron chi connectivity index (χ0n) is 10.9. The number of hydrogen-bond acceptors (Lipinski definition) is 4. The van der Waals surface area contributed by atoms with Gasteiger partial charge < -0.3 is 10.4 Å². The van der Waals surface area contributed by atoms with E-state index in [1.54, 1.807) is 0 Å². The summed E-state index contributed by atoms with van der Waals surface area (Å²) in [6.45, 7) is 4.17. The molecule has 2 unspecified atom stereocenters. The molecule has 4 nitrogen and oxygen atoms in total. The molecule has 0 aromatic carbocycles. The second-order valence-corrected chi connectivity index (χ2v) is 6.07. The van der Waals surface area contributed by atoms with E-state index in [2.05, 4.69) is 24.1 Å². The Balaban J connectivity index is 2.17. The number of aryl methyl sites for hydroxylation is 1. The fourth-order valence-corrected chi connectivity index (χ4v) is 3.54. The lowest BCUT2D eigenvalue weighted by molar-refractivity contribution is -0.144. The number of hydrogen-bond donors (Lipinski definition) is 2. The predicted molar refractivity (Wildman–Crippen MR) is 73.1 cm³/mol. The third-order valence-electron chi connectivity index (χ3n) is 3.67. The summed E-state index contributed by atoms with van der Waals surface area (Å²) in [5.74, 6) is -0.296.